The fourth-order valence-electron chi connectivity index (χ4n) is 3.23. The zero-order valence-electron chi connectivity index (χ0n) is 19.7. The van der Waals surface area contributed by atoms with Gasteiger partial charge in [-0.2, -0.15) is 12.6 Å². The Kier molecular flexibility index (Phi) is 10.4. The number of amides is 3. The summed E-state index contributed by atoms with van der Waals surface area (Å²) in [5.41, 5.74) is 0.988. The molecule has 1 aromatic carbocycles. The molecule has 0 aromatic heterocycles. The van der Waals surface area contributed by atoms with E-state index < -0.39 is 29.7 Å². The molecule has 0 saturated heterocycles. The highest BCUT2D eigenvalue weighted by Crippen LogP contribution is 2.22. The van der Waals surface area contributed by atoms with Crippen molar-refractivity contribution < 1.29 is 19.1 Å². The standard InChI is InChI=1S/C23H37N3O4S/c1-8-10-16(3)24-20(27)19(17-12-9-11-15(2)13-17)26(7)21(28)18(14-31)25-22(29)30-23(4,5)6/h9,11-13,16,18-19,31H,8,10,14H2,1-7H3,(H,24,27)(H,25,29). The SMILES string of the molecule is CCCC(C)NC(=O)C(c1cccc(C)c1)N(C)C(=O)C(CS)NC(=O)OC(C)(C)C. The largest absolute Gasteiger partial charge is 0.444 e. The molecule has 0 heterocycles. The van der Waals surface area contributed by atoms with Crippen LogP contribution in [0.4, 0.5) is 4.79 Å². The van der Waals surface area contributed by atoms with E-state index in [1.165, 1.54) is 4.90 Å². The Morgan fingerprint density at radius 3 is 2.35 bits per heavy atom. The Labute approximate surface area is 191 Å². The molecular weight excluding hydrogens is 414 g/mol. The molecule has 0 radical (unpaired) electrons. The van der Waals surface area contributed by atoms with Gasteiger partial charge in [-0.3, -0.25) is 9.59 Å². The van der Waals surface area contributed by atoms with Crippen LogP contribution < -0.4 is 10.6 Å². The van der Waals surface area contributed by atoms with Gasteiger partial charge >= 0.3 is 6.09 Å². The number of alkyl carbamates (subject to hydrolysis) is 1. The number of thiol groups is 1. The molecule has 0 fully saturated rings. The van der Waals surface area contributed by atoms with Crippen molar-refractivity contribution in [1.82, 2.24) is 15.5 Å². The third-order valence-corrected chi connectivity index (χ3v) is 4.99. The molecule has 0 aliphatic rings. The van der Waals surface area contributed by atoms with Gasteiger partial charge in [0.2, 0.25) is 11.8 Å². The van der Waals surface area contributed by atoms with E-state index in [2.05, 4.69) is 30.2 Å². The van der Waals surface area contributed by atoms with Crippen molar-refractivity contribution in [2.24, 2.45) is 0 Å². The van der Waals surface area contributed by atoms with E-state index in [1.54, 1.807) is 27.8 Å². The number of hydrogen-bond acceptors (Lipinski definition) is 5. The minimum absolute atomic E-state index is 0.0196. The van der Waals surface area contributed by atoms with E-state index in [0.717, 1.165) is 18.4 Å². The second-order valence-corrected chi connectivity index (χ2v) is 9.21. The summed E-state index contributed by atoms with van der Waals surface area (Å²) in [7, 11) is 1.56. The van der Waals surface area contributed by atoms with Crippen LogP contribution in [0.1, 0.15) is 64.6 Å². The summed E-state index contributed by atoms with van der Waals surface area (Å²) in [6.07, 6.45) is 1.07. The van der Waals surface area contributed by atoms with Crippen LogP contribution >= 0.6 is 12.6 Å². The summed E-state index contributed by atoms with van der Waals surface area (Å²) in [5, 5.41) is 5.56. The van der Waals surface area contributed by atoms with Crippen molar-refractivity contribution in [3.63, 3.8) is 0 Å². The Morgan fingerprint density at radius 1 is 1.19 bits per heavy atom. The van der Waals surface area contributed by atoms with Crippen LogP contribution in [0.2, 0.25) is 0 Å². The third kappa shape index (κ3) is 8.81. The van der Waals surface area contributed by atoms with E-state index in [9.17, 15) is 14.4 Å². The van der Waals surface area contributed by atoms with Gasteiger partial charge in [-0.15, -0.1) is 0 Å². The number of benzene rings is 1. The molecule has 1 rings (SSSR count). The lowest BCUT2D eigenvalue weighted by Crippen LogP contribution is -2.53. The molecule has 1 aromatic rings. The van der Waals surface area contributed by atoms with Crippen molar-refractivity contribution >= 4 is 30.5 Å². The van der Waals surface area contributed by atoms with Crippen molar-refractivity contribution in [2.45, 2.75) is 78.1 Å². The van der Waals surface area contributed by atoms with Crippen molar-refractivity contribution in [1.29, 1.82) is 0 Å². The fourth-order valence-corrected chi connectivity index (χ4v) is 3.47. The summed E-state index contributed by atoms with van der Waals surface area (Å²) < 4.78 is 5.25. The number of hydrogen-bond donors (Lipinski definition) is 3. The van der Waals surface area contributed by atoms with Gasteiger partial charge in [0.1, 0.15) is 17.7 Å². The van der Waals surface area contributed by atoms with Gasteiger partial charge in [0, 0.05) is 18.8 Å². The topological polar surface area (TPSA) is 87.7 Å². The van der Waals surface area contributed by atoms with E-state index in [0.29, 0.717) is 5.56 Å². The lowest BCUT2D eigenvalue weighted by atomic mass is 10.0. The van der Waals surface area contributed by atoms with Gasteiger partial charge in [-0.05, 0) is 46.6 Å². The highest BCUT2D eigenvalue weighted by Gasteiger charge is 2.34. The maximum absolute atomic E-state index is 13.2. The van der Waals surface area contributed by atoms with Crippen LogP contribution in [0.3, 0.4) is 0 Å². The minimum atomic E-state index is -0.934. The van der Waals surface area contributed by atoms with Gasteiger partial charge in [0.15, 0.2) is 0 Å². The lowest BCUT2D eigenvalue weighted by molar-refractivity contribution is -0.140. The van der Waals surface area contributed by atoms with Crippen LogP contribution in [0.15, 0.2) is 24.3 Å². The highest BCUT2D eigenvalue weighted by molar-refractivity contribution is 7.80. The molecule has 3 amide bonds. The number of nitrogens with one attached hydrogen (secondary N) is 2. The molecule has 0 aliphatic heterocycles. The lowest BCUT2D eigenvalue weighted by Gasteiger charge is -2.32. The number of aryl methyl sites for hydroxylation is 1. The smallest absolute Gasteiger partial charge is 0.408 e. The molecule has 8 heteroatoms. The Morgan fingerprint density at radius 2 is 1.84 bits per heavy atom. The molecule has 174 valence electrons. The van der Waals surface area contributed by atoms with E-state index in [-0.39, 0.29) is 17.7 Å². The average molecular weight is 452 g/mol. The Balaban J connectivity index is 3.13. The number of nitrogens with zero attached hydrogens (tertiary/aromatic N) is 1. The Bertz CT molecular complexity index is 763. The van der Waals surface area contributed by atoms with Crippen LogP contribution in [0.5, 0.6) is 0 Å². The quantitative estimate of drug-likeness (QED) is 0.501. The maximum atomic E-state index is 13.2. The van der Waals surface area contributed by atoms with E-state index in [1.807, 2.05) is 38.1 Å². The fraction of sp³-hybridized carbons (Fsp3) is 0.609. The summed E-state index contributed by atoms with van der Waals surface area (Å²) in [6, 6.07) is 5.70. The molecule has 0 aliphatic carbocycles. The monoisotopic (exact) mass is 451 g/mol. The second-order valence-electron chi connectivity index (χ2n) is 8.85. The summed E-state index contributed by atoms with van der Waals surface area (Å²) in [5.74, 6) is -0.625. The molecule has 0 saturated carbocycles. The van der Waals surface area contributed by atoms with Crippen LogP contribution in [0, 0.1) is 6.92 Å². The number of likely N-dealkylation sites (N-methyl/N-ethyl adjacent to an activating group) is 1. The molecule has 2 N–H and O–H groups in total. The first-order valence-corrected chi connectivity index (χ1v) is 11.3. The number of rotatable bonds is 9. The highest BCUT2D eigenvalue weighted by atomic mass is 32.1. The van der Waals surface area contributed by atoms with E-state index >= 15 is 0 Å². The summed E-state index contributed by atoms with van der Waals surface area (Å²) >= 11 is 4.22. The van der Waals surface area contributed by atoms with Crippen LogP contribution in [0.25, 0.3) is 0 Å². The normalized spacial score (nSPS) is 14.2. The predicted molar refractivity (Wildman–Crippen MR) is 126 cm³/mol. The second kappa shape index (κ2) is 12.0. The molecule has 3 atom stereocenters. The van der Waals surface area contributed by atoms with E-state index in [4.69, 9.17) is 4.74 Å². The third-order valence-electron chi connectivity index (χ3n) is 4.62. The first-order chi connectivity index (χ1) is 14.4. The first-order valence-electron chi connectivity index (χ1n) is 10.6. The van der Waals surface area contributed by atoms with Gasteiger partial charge in [0.25, 0.3) is 0 Å². The maximum Gasteiger partial charge on any atom is 0.408 e. The average Bonchev–Trinajstić information content (AvgIpc) is 2.64. The molecule has 7 nitrogen and oxygen atoms in total. The molecule has 0 spiro atoms. The van der Waals surface area contributed by atoms with Crippen LogP contribution in [-0.2, 0) is 14.3 Å². The summed E-state index contributed by atoms with van der Waals surface area (Å²) in [4.78, 5) is 39.9. The number of carbonyl (C=O) groups is 3. The van der Waals surface area contributed by atoms with Crippen molar-refractivity contribution in [3.05, 3.63) is 35.4 Å². The summed E-state index contributed by atoms with van der Waals surface area (Å²) in [6.45, 7) is 11.1. The molecule has 31 heavy (non-hydrogen) atoms. The van der Waals surface area contributed by atoms with Gasteiger partial charge in [-0.25, -0.2) is 4.79 Å². The van der Waals surface area contributed by atoms with Crippen LogP contribution in [-0.4, -0.2) is 53.3 Å². The first kappa shape index (κ1) is 26.8. The van der Waals surface area contributed by atoms with Gasteiger partial charge in [-0.1, -0.05) is 43.2 Å². The predicted octanol–water partition coefficient (Wildman–Crippen LogP) is 3.62. The minimum Gasteiger partial charge on any atom is -0.444 e. The number of ether oxygens (including phenoxy) is 1. The zero-order valence-corrected chi connectivity index (χ0v) is 20.6. The van der Waals surface area contributed by atoms with Crippen molar-refractivity contribution in [2.75, 3.05) is 12.8 Å². The molecule has 0 bridgehead atoms. The van der Waals surface area contributed by atoms with Crippen molar-refractivity contribution in [3.8, 4) is 0 Å². The van der Waals surface area contributed by atoms with Gasteiger partial charge < -0.3 is 20.3 Å². The number of carbonyl (C=O) groups excluding carboxylic acids is 3. The van der Waals surface area contributed by atoms with Gasteiger partial charge in [0.05, 0.1) is 0 Å². The molecular formula is C23H37N3O4S. The molecule has 3 unspecified atom stereocenters. The Hall–Kier alpha value is -2.22. The zero-order chi connectivity index (χ0) is 23.8.